The van der Waals surface area contributed by atoms with E-state index < -0.39 is 6.10 Å². The molecule has 0 aliphatic carbocycles. The fourth-order valence-electron chi connectivity index (χ4n) is 2.45. The summed E-state index contributed by atoms with van der Waals surface area (Å²) in [6.45, 7) is 2.63. The van der Waals surface area contributed by atoms with Crippen LogP contribution in [0.2, 0.25) is 0 Å². The van der Waals surface area contributed by atoms with E-state index in [1.165, 1.54) is 10.4 Å². The minimum Gasteiger partial charge on any atom is -0.389 e. The first-order valence-corrected chi connectivity index (χ1v) is 6.57. The Bertz CT molecular complexity index is 699. The van der Waals surface area contributed by atoms with Crippen molar-refractivity contribution in [3.8, 4) is 0 Å². The van der Waals surface area contributed by atoms with Gasteiger partial charge in [-0.1, -0.05) is 54.6 Å². The molecule has 0 aromatic heterocycles. The van der Waals surface area contributed by atoms with Crippen LogP contribution in [0.4, 0.5) is 0 Å². The number of hydrogen-bond donors (Lipinski definition) is 2. The zero-order valence-electron chi connectivity index (χ0n) is 10.9. The van der Waals surface area contributed by atoms with Gasteiger partial charge in [-0.25, -0.2) is 0 Å². The standard InChI is InChI=1S/C17H17NO/c1-12(19)13-6-8-15(9-7-13)17-16-5-3-2-4-14(16)10-11-18-17/h2-10,12,18-19H,11H2,1H3. The van der Waals surface area contributed by atoms with Crippen LogP contribution in [0.15, 0.2) is 48.5 Å². The molecular formula is C17H17NO. The average molecular weight is 251 g/mol. The van der Waals surface area contributed by atoms with Crippen LogP contribution in [0.1, 0.15) is 24.2 Å². The molecule has 0 radical (unpaired) electrons. The molecule has 19 heavy (non-hydrogen) atoms. The lowest BCUT2D eigenvalue weighted by Crippen LogP contribution is -2.37. The summed E-state index contributed by atoms with van der Waals surface area (Å²) in [5, 5.41) is 15.5. The molecule has 2 N–H and O–H groups in total. The van der Waals surface area contributed by atoms with Gasteiger partial charge in [0.1, 0.15) is 0 Å². The van der Waals surface area contributed by atoms with Gasteiger partial charge in [0.15, 0.2) is 0 Å². The highest BCUT2D eigenvalue weighted by molar-refractivity contribution is 5.66. The number of fused-ring (bicyclic) bond motifs is 1. The van der Waals surface area contributed by atoms with Gasteiger partial charge < -0.3 is 10.4 Å². The molecule has 0 saturated heterocycles. The Kier molecular flexibility index (Phi) is 3.10. The van der Waals surface area contributed by atoms with Crippen molar-refractivity contribution in [2.24, 2.45) is 0 Å². The molecule has 2 heteroatoms. The van der Waals surface area contributed by atoms with Gasteiger partial charge in [0.25, 0.3) is 0 Å². The Balaban J connectivity index is 2.15. The first-order valence-electron chi connectivity index (χ1n) is 6.57. The molecule has 0 spiro atoms. The number of benzene rings is 2. The third-order valence-electron chi connectivity index (χ3n) is 3.51. The lowest BCUT2D eigenvalue weighted by atomic mass is 10.0. The van der Waals surface area contributed by atoms with Gasteiger partial charge in [-0.15, -0.1) is 0 Å². The normalized spacial score (nSPS) is 15.2. The summed E-state index contributed by atoms with van der Waals surface area (Å²) in [6, 6.07) is 16.5. The largest absolute Gasteiger partial charge is 0.389 e. The smallest absolute Gasteiger partial charge is 0.0761 e. The molecule has 2 nitrogen and oxygen atoms in total. The number of nitrogens with one attached hydrogen (secondary N) is 1. The summed E-state index contributed by atoms with van der Waals surface area (Å²) in [5.41, 5.74) is 3.26. The van der Waals surface area contributed by atoms with Crippen LogP contribution in [0.5, 0.6) is 0 Å². The summed E-state index contributed by atoms with van der Waals surface area (Å²) >= 11 is 0. The maximum atomic E-state index is 9.56. The van der Waals surface area contributed by atoms with E-state index in [0.717, 1.165) is 23.4 Å². The maximum absolute atomic E-state index is 9.56. The van der Waals surface area contributed by atoms with Gasteiger partial charge in [-0.3, -0.25) is 0 Å². The van der Waals surface area contributed by atoms with Gasteiger partial charge in [-0.05, 0) is 23.3 Å². The molecule has 1 heterocycles. The van der Waals surface area contributed by atoms with Crippen molar-refractivity contribution in [3.63, 3.8) is 0 Å². The molecule has 0 saturated carbocycles. The zero-order chi connectivity index (χ0) is 13.2. The van der Waals surface area contributed by atoms with Crippen molar-refractivity contribution in [2.45, 2.75) is 13.0 Å². The number of aliphatic hydroxyl groups is 1. The van der Waals surface area contributed by atoms with E-state index in [2.05, 4.69) is 47.8 Å². The molecule has 2 aromatic rings. The van der Waals surface area contributed by atoms with Crippen molar-refractivity contribution in [1.29, 1.82) is 0 Å². The van der Waals surface area contributed by atoms with E-state index in [-0.39, 0.29) is 0 Å². The van der Waals surface area contributed by atoms with Gasteiger partial charge in [0.05, 0.1) is 6.10 Å². The monoisotopic (exact) mass is 251 g/mol. The number of rotatable bonds is 2. The predicted octanol–water partition coefficient (Wildman–Crippen LogP) is 1.28. The zero-order valence-corrected chi connectivity index (χ0v) is 10.9. The SMILES string of the molecule is CC(O)c1ccc(C2=c3ccccc3=CCN2)cc1. The summed E-state index contributed by atoms with van der Waals surface area (Å²) in [5.74, 6) is 0. The number of aliphatic hydroxyl groups excluding tert-OH is 1. The molecule has 1 aliphatic rings. The lowest BCUT2D eigenvalue weighted by Gasteiger charge is -2.15. The van der Waals surface area contributed by atoms with Gasteiger partial charge in [0.2, 0.25) is 0 Å². The second-order valence-corrected chi connectivity index (χ2v) is 4.85. The van der Waals surface area contributed by atoms with Crippen LogP contribution in [-0.2, 0) is 0 Å². The Morgan fingerprint density at radius 1 is 1.05 bits per heavy atom. The highest BCUT2D eigenvalue weighted by Crippen LogP contribution is 2.15. The van der Waals surface area contributed by atoms with Crippen molar-refractivity contribution in [1.82, 2.24) is 5.32 Å². The Hall–Kier alpha value is -2.06. The third-order valence-corrected chi connectivity index (χ3v) is 3.51. The van der Waals surface area contributed by atoms with E-state index in [9.17, 15) is 5.11 Å². The van der Waals surface area contributed by atoms with Crippen LogP contribution < -0.4 is 15.8 Å². The topological polar surface area (TPSA) is 32.3 Å². The van der Waals surface area contributed by atoms with Gasteiger partial charge in [0, 0.05) is 17.5 Å². The summed E-state index contributed by atoms with van der Waals surface area (Å²) in [4.78, 5) is 0. The molecule has 0 bridgehead atoms. The Morgan fingerprint density at radius 3 is 2.53 bits per heavy atom. The molecule has 96 valence electrons. The van der Waals surface area contributed by atoms with Crippen molar-refractivity contribution in [2.75, 3.05) is 6.54 Å². The van der Waals surface area contributed by atoms with Crippen LogP contribution in [-0.4, -0.2) is 11.7 Å². The van der Waals surface area contributed by atoms with E-state index in [4.69, 9.17) is 0 Å². The first-order chi connectivity index (χ1) is 9.25. The van der Waals surface area contributed by atoms with Crippen molar-refractivity contribution >= 4 is 11.8 Å². The molecule has 1 atom stereocenters. The van der Waals surface area contributed by atoms with E-state index >= 15 is 0 Å². The average Bonchev–Trinajstić information content (AvgIpc) is 2.47. The van der Waals surface area contributed by atoms with Crippen LogP contribution in [0.3, 0.4) is 0 Å². The lowest BCUT2D eigenvalue weighted by molar-refractivity contribution is 0.199. The molecule has 3 rings (SSSR count). The highest BCUT2D eigenvalue weighted by atomic mass is 16.3. The second-order valence-electron chi connectivity index (χ2n) is 4.85. The Morgan fingerprint density at radius 2 is 1.79 bits per heavy atom. The van der Waals surface area contributed by atoms with E-state index in [0.29, 0.717) is 0 Å². The minimum atomic E-state index is -0.418. The molecular weight excluding hydrogens is 234 g/mol. The summed E-state index contributed by atoms with van der Waals surface area (Å²) in [6.07, 6.45) is 1.78. The highest BCUT2D eigenvalue weighted by Gasteiger charge is 2.07. The summed E-state index contributed by atoms with van der Waals surface area (Å²) in [7, 11) is 0. The minimum absolute atomic E-state index is 0.418. The predicted molar refractivity (Wildman–Crippen MR) is 77.7 cm³/mol. The van der Waals surface area contributed by atoms with Crippen LogP contribution >= 0.6 is 0 Å². The van der Waals surface area contributed by atoms with Crippen LogP contribution in [0.25, 0.3) is 11.8 Å². The quantitative estimate of drug-likeness (QED) is 0.843. The van der Waals surface area contributed by atoms with E-state index in [1.54, 1.807) is 6.92 Å². The number of hydrogen-bond acceptors (Lipinski definition) is 2. The molecule has 2 aromatic carbocycles. The first kappa shape index (κ1) is 12.0. The third kappa shape index (κ3) is 2.27. The van der Waals surface area contributed by atoms with E-state index in [1.807, 2.05) is 12.1 Å². The molecule has 0 fully saturated rings. The molecule has 0 amide bonds. The summed E-state index contributed by atoms with van der Waals surface area (Å²) < 4.78 is 0. The maximum Gasteiger partial charge on any atom is 0.0761 e. The molecule has 1 unspecified atom stereocenters. The van der Waals surface area contributed by atoms with Crippen molar-refractivity contribution < 1.29 is 5.11 Å². The molecule has 1 aliphatic heterocycles. The fraction of sp³-hybridized carbons (Fsp3) is 0.176. The second kappa shape index (κ2) is 4.90. The van der Waals surface area contributed by atoms with Crippen LogP contribution in [0, 0.1) is 0 Å². The Labute approximate surface area is 112 Å². The van der Waals surface area contributed by atoms with Gasteiger partial charge in [-0.2, -0.15) is 0 Å². The fourth-order valence-corrected chi connectivity index (χ4v) is 2.45. The van der Waals surface area contributed by atoms with Crippen molar-refractivity contribution in [3.05, 3.63) is 70.1 Å². The van der Waals surface area contributed by atoms with Gasteiger partial charge >= 0.3 is 0 Å².